The molecule has 0 aliphatic rings. The lowest BCUT2D eigenvalue weighted by molar-refractivity contribution is 0.0602. The third kappa shape index (κ3) is 5.52. The number of hydrogen-bond acceptors (Lipinski definition) is 7. The van der Waals surface area contributed by atoms with Gasteiger partial charge in [-0.3, -0.25) is 4.79 Å². The molecule has 1 aromatic carbocycles. The van der Waals surface area contributed by atoms with Gasteiger partial charge < -0.3 is 20.3 Å². The van der Waals surface area contributed by atoms with Gasteiger partial charge in [0.15, 0.2) is 0 Å². The zero-order valence-electron chi connectivity index (χ0n) is 15.2. The quantitative estimate of drug-likeness (QED) is 0.550. The van der Waals surface area contributed by atoms with Crippen molar-refractivity contribution in [1.82, 2.24) is 14.9 Å². The van der Waals surface area contributed by atoms with Gasteiger partial charge in [0.25, 0.3) is 5.91 Å². The van der Waals surface area contributed by atoms with Crippen molar-refractivity contribution < 1.29 is 14.3 Å². The number of hydrogen-bond donors (Lipinski definition) is 2. The van der Waals surface area contributed by atoms with Crippen molar-refractivity contribution in [2.24, 2.45) is 0 Å². The number of aromatic nitrogens is 2. The Morgan fingerprint density at radius 3 is 2.50 bits per heavy atom. The van der Waals surface area contributed by atoms with E-state index in [9.17, 15) is 9.59 Å². The minimum Gasteiger partial charge on any atom is -0.465 e. The van der Waals surface area contributed by atoms with Crippen LogP contribution in [0.3, 0.4) is 0 Å². The average Bonchev–Trinajstić information content (AvgIpc) is 2.65. The SMILES string of the molecule is COC(=O)c1ccccc1NC(=O)c1cnc(NCCCN(C)C)nc1. The number of rotatable bonds is 8. The number of anilines is 2. The molecule has 2 N–H and O–H groups in total. The maximum Gasteiger partial charge on any atom is 0.339 e. The van der Waals surface area contributed by atoms with Crippen LogP contribution in [0.2, 0.25) is 0 Å². The molecule has 8 heteroatoms. The molecule has 0 bridgehead atoms. The van der Waals surface area contributed by atoms with E-state index in [4.69, 9.17) is 4.74 Å². The summed E-state index contributed by atoms with van der Waals surface area (Å²) in [6, 6.07) is 6.63. The number of amides is 1. The normalized spacial score (nSPS) is 10.5. The molecule has 1 aromatic heterocycles. The molecule has 0 atom stereocenters. The fourth-order valence-electron chi connectivity index (χ4n) is 2.21. The van der Waals surface area contributed by atoms with Crippen molar-refractivity contribution in [3.8, 4) is 0 Å². The number of ether oxygens (including phenoxy) is 1. The summed E-state index contributed by atoms with van der Waals surface area (Å²) in [6.07, 6.45) is 3.84. The third-order valence-electron chi connectivity index (χ3n) is 3.56. The first-order chi connectivity index (χ1) is 12.5. The molecule has 138 valence electrons. The Kier molecular flexibility index (Phi) is 7.04. The number of esters is 1. The van der Waals surface area contributed by atoms with Crippen LogP contribution in [-0.4, -0.2) is 61.0 Å². The van der Waals surface area contributed by atoms with E-state index in [2.05, 4.69) is 25.5 Å². The van der Waals surface area contributed by atoms with Gasteiger partial charge in [-0.25, -0.2) is 14.8 Å². The van der Waals surface area contributed by atoms with E-state index in [-0.39, 0.29) is 5.56 Å². The molecule has 2 aromatic rings. The van der Waals surface area contributed by atoms with Crippen LogP contribution in [0.4, 0.5) is 11.6 Å². The van der Waals surface area contributed by atoms with Crippen LogP contribution >= 0.6 is 0 Å². The van der Waals surface area contributed by atoms with Crippen molar-refractivity contribution in [2.45, 2.75) is 6.42 Å². The Hall–Kier alpha value is -3.00. The summed E-state index contributed by atoms with van der Waals surface area (Å²) in [4.78, 5) is 34.5. The topological polar surface area (TPSA) is 96.4 Å². The number of nitrogens with zero attached hydrogens (tertiary/aromatic N) is 3. The second-order valence-electron chi connectivity index (χ2n) is 5.87. The predicted octanol–water partition coefficient (Wildman–Crippen LogP) is 1.88. The molecular weight excluding hydrogens is 334 g/mol. The molecule has 0 fully saturated rings. The van der Waals surface area contributed by atoms with Gasteiger partial charge in [0.1, 0.15) is 0 Å². The molecule has 1 heterocycles. The van der Waals surface area contributed by atoms with E-state index < -0.39 is 11.9 Å². The first-order valence-electron chi connectivity index (χ1n) is 8.20. The highest BCUT2D eigenvalue weighted by atomic mass is 16.5. The van der Waals surface area contributed by atoms with Gasteiger partial charge in [-0.2, -0.15) is 0 Å². The molecule has 0 radical (unpaired) electrons. The fourth-order valence-corrected chi connectivity index (χ4v) is 2.21. The second kappa shape index (κ2) is 9.47. The summed E-state index contributed by atoms with van der Waals surface area (Å²) < 4.78 is 4.72. The molecule has 0 aliphatic carbocycles. The van der Waals surface area contributed by atoms with Gasteiger partial charge in [-0.05, 0) is 39.2 Å². The standard InChI is InChI=1S/C18H23N5O3/c1-23(2)10-6-9-19-18-20-11-13(12-21-18)16(24)22-15-8-5-4-7-14(15)17(25)26-3/h4-5,7-8,11-12H,6,9-10H2,1-3H3,(H,22,24)(H,19,20,21). The van der Waals surface area contributed by atoms with E-state index in [1.807, 2.05) is 14.1 Å². The Balaban J connectivity index is 1.97. The summed E-state index contributed by atoms with van der Waals surface area (Å²) in [5.41, 5.74) is 0.946. The molecule has 0 aliphatic heterocycles. The Labute approximate surface area is 152 Å². The number of benzene rings is 1. The van der Waals surface area contributed by atoms with E-state index in [0.29, 0.717) is 17.2 Å². The lowest BCUT2D eigenvalue weighted by Gasteiger charge is -2.10. The minimum absolute atomic E-state index is 0.281. The first kappa shape index (κ1) is 19.3. The molecule has 0 spiro atoms. The molecule has 2 rings (SSSR count). The number of carbonyl (C=O) groups is 2. The molecular formula is C18H23N5O3. The van der Waals surface area contributed by atoms with Gasteiger partial charge in [0.05, 0.1) is 23.9 Å². The highest BCUT2D eigenvalue weighted by Gasteiger charge is 2.14. The van der Waals surface area contributed by atoms with Crippen LogP contribution < -0.4 is 10.6 Å². The summed E-state index contributed by atoms with van der Waals surface area (Å²) in [6.45, 7) is 1.71. The predicted molar refractivity (Wildman–Crippen MR) is 99.4 cm³/mol. The Bertz CT molecular complexity index is 747. The van der Waals surface area contributed by atoms with Crippen LogP contribution in [0.25, 0.3) is 0 Å². The van der Waals surface area contributed by atoms with Crippen molar-refractivity contribution in [1.29, 1.82) is 0 Å². The molecule has 8 nitrogen and oxygen atoms in total. The fraction of sp³-hybridized carbons (Fsp3) is 0.333. The van der Waals surface area contributed by atoms with Gasteiger partial charge in [0.2, 0.25) is 5.95 Å². The van der Waals surface area contributed by atoms with E-state index in [1.54, 1.807) is 24.3 Å². The maximum absolute atomic E-state index is 12.4. The average molecular weight is 357 g/mol. The summed E-state index contributed by atoms with van der Waals surface area (Å²) >= 11 is 0. The van der Waals surface area contributed by atoms with E-state index in [1.165, 1.54) is 19.5 Å². The van der Waals surface area contributed by atoms with Crippen LogP contribution in [0.15, 0.2) is 36.7 Å². The largest absolute Gasteiger partial charge is 0.465 e. The smallest absolute Gasteiger partial charge is 0.339 e. The summed E-state index contributed by atoms with van der Waals surface area (Å²) in [5.74, 6) is -0.454. The highest BCUT2D eigenvalue weighted by Crippen LogP contribution is 2.17. The number of para-hydroxylation sites is 1. The molecule has 0 unspecified atom stereocenters. The molecule has 0 saturated heterocycles. The Morgan fingerprint density at radius 2 is 1.85 bits per heavy atom. The van der Waals surface area contributed by atoms with Crippen LogP contribution in [0, 0.1) is 0 Å². The van der Waals surface area contributed by atoms with Crippen LogP contribution in [-0.2, 0) is 4.74 Å². The van der Waals surface area contributed by atoms with Gasteiger partial charge in [-0.1, -0.05) is 12.1 Å². The van der Waals surface area contributed by atoms with Crippen molar-refractivity contribution in [3.63, 3.8) is 0 Å². The van der Waals surface area contributed by atoms with Crippen LogP contribution in [0.5, 0.6) is 0 Å². The number of nitrogens with one attached hydrogen (secondary N) is 2. The van der Waals surface area contributed by atoms with E-state index >= 15 is 0 Å². The second-order valence-corrected chi connectivity index (χ2v) is 5.87. The van der Waals surface area contributed by atoms with Crippen molar-refractivity contribution in [2.75, 3.05) is 44.9 Å². The minimum atomic E-state index is -0.519. The lowest BCUT2D eigenvalue weighted by Crippen LogP contribution is -2.18. The van der Waals surface area contributed by atoms with Crippen molar-refractivity contribution in [3.05, 3.63) is 47.8 Å². The molecule has 0 saturated carbocycles. The highest BCUT2D eigenvalue weighted by molar-refractivity contribution is 6.07. The zero-order chi connectivity index (χ0) is 18.9. The third-order valence-corrected chi connectivity index (χ3v) is 3.56. The zero-order valence-corrected chi connectivity index (χ0v) is 15.2. The number of carbonyl (C=O) groups excluding carboxylic acids is 2. The monoisotopic (exact) mass is 357 g/mol. The van der Waals surface area contributed by atoms with Gasteiger partial charge in [0, 0.05) is 18.9 Å². The Morgan fingerprint density at radius 1 is 1.15 bits per heavy atom. The summed E-state index contributed by atoms with van der Waals surface area (Å²) in [7, 11) is 5.32. The summed E-state index contributed by atoms with van der Waals surface area (Å²) in [5, 5.41) is 5.79. The maximum atomic E-state index is 12.4. The first-order valence-corrected chi connectivity index (χ1v) is 8.20. The van der Waals surface area contributed by atoms with Gasteiger partial charge in [-0.15, -0.1) is 0 Å². The van der Waals surface area contributed by atoms with E-state index in [0.717, 1.165) is 19.5 Å². The van der Waals surface area contributed by atoms with Crippen molar-refractivity contribution >= 4 is 23.5 Å². The molecule has 26 heavy (non-hydrogen) atoms. The lowest BCUT2D eigenvalue weighted by atomic mass is 10.1. The van der Waals surface area contributed by atoms with Crippen LogP contribution in [0.1, 0.15) is 27.1 Å². The number of methoxy groups -OCH3 is 1. The molecule has 1 amide bonds. The van der Waals surface area contributed by atoms with Gasteiger partial charge >= 0.3 is 5.97 Å².